The topological polar surface area (TPSA) is 83.5 Å². The lowest BCUT2D eigenvalue weighted by Crippen LogP contribution is -2.32. The van der Waals surface area contributed by atoms with Gasteiger partial charge in [-0.3, -0.25) is 13.8 Å². The number of carbonyl (C=O) groups is 2. The largest absolute Gasteiger partial charge is 0.480 e. The number of nitrogens with one attached hydrogen (secondary N) is 1. The predicted molar refractivity (Wildman–Crippen MR) is 94.5 cm³/mol. The van der Waals surface area contributed by atoms with Gasteiger partial charge in [-0.25, -0.2) is 0 Å². The molecule has 1 amide bonds. The summed E-state index contributed by atoms with van der Waals surface area (Å²) in [6.45, 7) is 7.57. The van der Waals surface area contributed by atoms with E-state index in [4.69, 9.17) is 5.11 Å². The molecule has 0 bridgehead atoms. The van der Waals surface area contributed by atoms with Crippen molar-refractivity contribution in [2.75, 3.05) is 12.3 Å². The average molecular weight is 357 g/mol. The first-order valence-corrected chi connectivity index (χ1v) is 9.48. The molecule has 5 nitrogen and oxygen atoms in total. The molecule has 23 heavy (non-hydrogen) atoms. The Kier molecular flexibility index (Phi) is 7.28. The van der Waals surface area contributed by atoms with Gasteiger partial charge in [0, 0.05) is 32.7 Å². The molecule has 2 atom stereocenters. The number of aliphatic carboxylic acids is 1. The van der Waals surface area contributed by atoms with Gasteiger partial charge in [-0.15, -0.1) is 11.8 Å². The van der Waals surface area contributed by atoms with Gasteiger partial charge in [0.25, 0.3) is 5.91 Å². The van der Waals surface area contributed by atoms with Crippen LogP contribution in [0.25, 0.3) is 0 Å². The van der Waals surface area contributed by atoms with Crippen LogP contribution in [0.4, 0.5) is 0 Å². The third kappa shape index (κ3) is 6.35. The van der Waals surface area contributed by atoms with Crippen LogP contribution in [0.5, 0.6) is 0 Å². The first kappa shape index (κ1) is 19.7. The molecule has 0 aliphatic rings. The summed E-state index contributed by atoms with van der Waals surface area (Å²) in [4.78, 5) is 23.9. The lowest BCUT2D eigenvalue weighted by Gasteiger charge is -2.18. The molecule has 128 valence electrons. The fraction of sp³-hybridized carbons (Fsp3) is 0.500. The minimum Gasteiger partial charge on any atom is -0.480 e. The van der Waals surface area contributed by atoms with Crippen molar-refractivity contribution in [2.45, 2.75) is 42.6 Å². The second-order valence-electron chi connectivity index (χ2n) is 6.01. The van der Waals surface area contributed by atoms with E-state index >= 15 is 0 Å². The number of carboxylic acids is 1. The zero-order chi connectivity index (χ0) is 17.6. The molecule has 0 aromatic heterocycles. The quantitative estimate of drug-likeness (QED) is 0.733. The molecule has 0 aliphatic carbocycles. The highest BCUT2D eigenvalue weighted by molar-refractivity contribution is 8.00. The van der Waals surface area contributed by atoms with E-state index in [2.05, 4.69) is 5.32 Å². The Labute approximate surface area is 143 Å². The number of rotatable bonds is 7. The molecule has 0 aliphatic heterocycles. The summed E-state index contributed by atoms with van der Waals surface area (Å²) in [5, 5.41) is 11.1. The Balaban J connectivity index is 2.70. The molecule has 1 aromatic rings. The van der Waals surface area contributed by atoms with Crippen molar-refractivity contribution in [1.29, 1.82) is 0 Å². The van der Waals surface area contributed by atoms with Crippen LogP contribution in [0.15, 0.2) is 29.2 Å². The number of thioether (sulfide) groups is 1. The first-order chi connectivity index (χ1) is 10.6. The van der Waals surface area contributed by atoms with Crippen LogP contribution in [0.2, 0.25) is 0 Å². The van der Waals surface area contributed by atoms with Crippen molar-refractivity contribution in [3.05, 3.63) is 29.8 Å². The number of amides is 1. The van der Waals surface area contributed by atoms with Gasteiger partial charge < -0.3 is 10.4 Å². The van der Waals surface area contributed by atoms with Crippen molar-refractivity contribution >= 4 is 34.4 Å². The summed E-state index contributed by atoms with van der Waals surface area (Å²) in [6.07, 6.45) is 0. The molecule has 0 heterocycles. The molecule has 2 unspecified atom stereocenters. The van der Waals surface area contributed by atoms with Gasteiger partial charge in [0.1, 0.15) is 5.25 Å². The summed E-state index contributed by atoms with van der Waals surface area (Å²) >= 11 is 1.13. The number of carbonyl (C=O) groups excluding carboxylic acids is 1. The molecule has 2 N–H and O–H groups in total. The molecule has 1 rings (SSSR count). The Hall–Kier alpha value is -1.34. The number of benzene rings is 1. The predicted octanol–water partition coefficient (Wildman–Crippen LogP) is 2.53. The van der Waals surface area contributed by atoms with Crippen LogP contribution < -0.4 is 5.32 Å². The summed E-state index contributed by atoms with van der Waals surface area (Å²) in [5.74, 6) is -0.821. The lowest BCUT2D eigenvalue weighted by molar-refractivity contribution is -0.136. The monoisotopic (exact) mass is 357 g/mol. The van der Waals surface area contributed by atoms with Crippen LogP contribution in [-0.4, -0.2) is 43.5 Å². The van der Waals surface area contributed by atoms with Gasteiger partial charge in [0.15, 0.2) is 0 Å². The number of hydrogen-bond donors (Lipinski definition) is 2. The maximum Gasteiger partial charge on any atom is 0.316 e. The van der Waals surface area contributed by atoms with Crippen LogP contribution in [-0.2, 0) is 15.6 Å². The highest BCUT2D eigenvalue weighted by Crippen LogP contribution is 2.26. The summed E-state index contributed by atoms with van der Waals surface area (Å²) < 4.78 is 11.7. The third-order valence-corrected chi connectivity index (χ3v) is 6.15. The van der Waals surface area contributed by atoms with E-state index in [-0.39, 0.29) is 10.7 Å². The molecule has 1 aromatic carbocycles. The van der Waals surface area contributed by atoms with Gasteiger partial charge in [0.2, 0.25) is 0 Å². The smallest absolute Gasteiger partial charge is 0.316 e. The van der Waals surface area contributed by atoms with Crippen molar-refractivity contribution in [1.82, 2.24) is 5.32 Å². The average Bonchev–Trinajstić information content (AvgIpc) is 2.46. The van der Waals surface area contributed by atoms with Crippen LogP contribution in [0.1, 0.15) is 38.1 Å². The van der Waals surface area contributed by atoms with Crippen molar-refractivity contribution in [3.63, 3.8) is 0 Å². The fourth-order valence-corrected chi connectivity index (χ4v) is 3.48. The fourth-order valence-electron chi connectivity index (χ4n) is 1.66. The van der Waals surface area contributed by atoms with E-state index in [0.29, 0.717) is 22.8 Å². The first-order valence-electron chi connectivity index (χ1n) is 7.28. The summed E-state index contributed by atoms with van der Waals surface area (Å²) in [6, 6.07) is 6.89. The molecule has 7 heteroatoms. The van der Waals surface area contributed by atoms with Gasteiger partial charge in [-0.2, -0.15) is 0 Å². The number of hydrogen-bond acceptors (Lipinski definition) is 4. The van der Waals surface area contributed by atoms with Gasteiger partial charge >= 0.3 is 5.97 Å². The lowest BCUT2D eigenvalue weighted by atomic mass is 10.2. The Morgan fingerprint density at radius 3 is 2.48 bits per heavy atom. The van der Waals surface area contributed by atoms with E-state index in [1.165, 1.54) is 0 Å². The van der Waals surface area contributed by atoms with Crippen LogP contribution in [0.3, 0.4) is 0 Å². The summed E-state index contributed by atoms with van der Waals surface area (Å²) in [5.41, 5.74) is 0.437. The van der Waals surface area contributed by atoms with Gasteiger partial charge in [-0.05, 0) is 39.8 Å². The maximum absolute atomic E-state index is 12.3. The maximum atomic E-state index is 12.3. The van der Waals surface area contributed by atoms with Crippen molar-refractivity contribution in [3.8, 4) is 0 Å². The zero-order valence-corrected chi connectivity index (χ0v) is 15.4. The third-order valence-electron chi connectivity index (χ3n) is 3.04. The molecule has 0 saturated carbocycles. The zero-order valence-electron chi connectivity index (χ0n) is 13.8. The second-order valence-corrected chi connectivity index (χ2v) is 9.72. The van der Waals surface area contributed by atoms with Crippen LogP contribution >= 0.6 is 11.8 Å². The second kappa shape index (κ2) is 8.49. The SMILES string of the molecule is CC(Sc1ccccc1C(=O)NCCS(=O)C(C)(C)C)C(=O)O. The Morgan fingerprint density at radius 2 is 1.91 bits per heavy atom. The minimum absolute atomic E-state index is 0.281. The highest BCUT2D eigenvalue weighted by Gasteiger charge is 2.20. The molecule has 0 spiro atoms. The van der Waals surface area contributed by atoms with Crippen molar-refractivity contribution in [2.24, 2.45) is 0 Å². The molecule has 0 radical (unpaired) electrons. The van der Waals surface area contributed by atoms with Gasteiger partial charge in [0.05, 0.1) is 5.56 Å². The number of carboxylic acid groups (broad SMARTS) is 1. The molecular weight excluding hydrogens is 334 g/mol. The summed E-state index contributed by atoms with van der Waals surface area (Å²) in [7, 11) is -1.03. The Bertz CT molecular complexity index is 596. The normalized spacial score (nSPS) is 14.1. The molecule has 0 saturated heterocycles. The Morgan fingerprint density at radius 1 is 1.30 bits per heavy atom. The standard InChI is InChI=1S/C16H23NO4S2/c1-11(15(19)20)22-13-8-6-5-7-12(13)14(18)17-9-10-23(21)16(2,3)4/h5-8,11H,9-10H2,1-4H3,(H,17,18)(H,19,20). The van der Waals surface area contributed by atoms with Gasteiger partial charge in [-0.1, -0.05) is 12.1 Å². The minimum atomic E-state index is -1.03. The highest BCUT2D eigenvalue weighted by atomic mass is 32.2. The van der Waals surface area contributed by atoms with E-state index < -0.39 is 22.0 Å². The van der Waals surface area contributed by atoms with Crippen LogP contribution in [0, 0.1) is 0 Å². The van der Waals surface area contributed by atoms with E-state index in [1.807, 2.05) is 20.8 Å². The van der Waals surface area contributed by atoms with E-state index in [1.54, 1.807) is 31.2 Å². The van der Waals surface area contributed by atoms with E-state index in [9.17, 15) is 13.8 Å². The molecule has 0 fully saturated rings. The van der Waals surface area contributed by atoms with Crippen molar-refractivity contribution < 1.29 is 18.9 Å². The molecular formula is C16H23NO4S2. The van der Waals surface area contributed by atoms with E-state index in [0.717, 1.165) is 11.8 Å².